The molecule has 1 fully saturated rings. The summed E-state index contributed by atoms with van der Waals surface area (Å²) in [4.78, 5) is 4.28. The lowest BCUT2D eigenvalue weighted by atomic mass is 9.87. The highest BCUT2D eigenvalue weighted by molar-refractivity contribution is 5.61. The standard InChI is InChI=1S/C13H21N3O/c1-9-5-12(14)13(15-7-9)16-8-10-3-2-4-11(17)6-10/h5,7,10-11,17H,2-4,6,8,14H2,1H3,(H,15,16). The van der Waals surface area contributed by atoms with E-state index in [0.717, 1.165) is 37.2 Å². The predicted octanol–water partition coefficient (Wildman–Crippen LogP) is 1.94. The van der Waals surface area contributed by atoms with Gasteiger partial charge in [-0.3, -0.25) is 0 Å². The minimum atomic E-state index is -0.126. The fourth-order valence-electron chi connectivity index (χ4n) is 2.43. The lowest BCUT2D eigenvalue weighted by Crippen LogP contribution is -2.25. The van der Waals surface area contributed by atoms with Crippen molar-refractivity contribution in [3.05, 3.63) is 17.8 Å². The van der Waals surface area contributed by atoms with Crippen LogP contribution in [0, 0.1) is 12.8 Å². The Morgan fingerprint density at radius 1 is 1.53 bits per heavy atom. The molecule has 1 aliphatic rings. The van der Waals surface area contributed by atoms with Crippen LogP contribution >= 0.6 is 0 Å². The van der Waals surface area contributed by atoms with Crippen LogP contribution < -0.4 is 11.1 Å². The second-order valence-electron chi connectivity index (χ2n) is 5.02. The van der Waals surface area contributed by atoms with Gasteiger partial charge in [0.05, 0.1) is 11.8 Å². The number of aliphatic hydroxyl groups excluding tert-OH is 1. The number of pyridine rings is 1. The first-order valence-electron chi connectivity index (χ1n) is 6.29. The van der Waals surface area contributed by atoms with Crippen LogP contribution in [0.15, 0.2) is 12.3 Å². The molecule has 1 aromatic heterocycles. The van der Waals surface area contributed by atoms with E-state index in [2.05, 4.69) is 10.3 Å². The number of nitrogens with two attached hydrogens (primary N) is 1. The van der Waals surface area contributed by atoms with Gasteiger partial charge in [-0.2, -0.15) is 0 Å². The fraction of sp³-hybridized carbons (Fsp3) is 0.615. The number of hydrogen-bond acceptors (Lipinski definition) is 4. The van der Waals surface area contributed by atoms with Gasteiger partial charge in [0.2, 0.25) is 0 Å². The Morgan fingerprint density at radius 3 is 3.06 bits per heavy atom. The number of aromatic nitrogens is 1. The monoisotopic (exact) mass is 235 g/mol. The van der Waals surface area contributed by atoms with E-state index in [1.54, 1.807) is 0 Å². The summed E-state index contributed by atoms with van der Waals surface area (Å²) in [6.45, 7) is 2.82. The molecular weight excluding hydrogens is 214 g/mol. The molecule has 1 aliphatic carbocycles. The van der Waals surface area contributed by atoms with Crippen molar-refractivity contribution in [1.82, 2.24) is 4.98 Å². The van der Waals surface area contributed by atoms with Crippen LogP contribution in [-0.2, 0) is 0 Å². The lowest BCUT2D eigenvalue weighted by Gasteiger charge is -2.26. The molecule has 94 valence electrons. The highest BCUT2D eigenvalue weighted by atomic mass is 16.3. The van der Waals surface area contributed by atoms with Crippen LogP contribution in [0.4, 0.5) is 11.5 Å². The van der Waals surface area contributed by atoms with Gasteiger partial charge in [0, 0.05) is 12.7 Å². The smallest absolute Gasteiger partial charge is 0.149 e. The van der Waals surface area contributed by atoms with Crippen molar-refractivity contribution in [2.45, 2.75) is 38.7 Å². The van der Waals surface area contributed by atoms with Gasteiger partial charge >= 0.3 is 0 Å². The zero-order valence-electron chi connectivity index (χ0n) is 10.3. The molecule has 2 rings (SSSR count). The highest BCUT2D eigenvalue weighted by Gasteiger charge is 2.20. The maximum atomic E-state index is 9.60. The summed E-state index contributed by atoms with van der Waals surface area (Å²) in [5, 5.41) is 12.9. The van der Waals surface area contributed by atoms with E-state index in [-0.39, 0.29) is 6.10 Å². The normalized spacial score (nSPS) is 24.6. The Morgan fingerprint density at radius 2 is 2.35 bits per heavy atom. The number of anilines is 2. The van der Waals surface area contributed by atoms with E-state index < -0.39 is 0 Å². The molecule has 4 N–H and O–H groups in total. The molecule has 1 aromatic rings. The highest BCUT2D eigenvalue weighted by Crippen LogP contribution is 2.25. The average Bonchev–Trinajstić information content (AvgIpc) is 2.28. The summed E-state index contributed by atoms with van der Waals surface area (Å²) >= 11 is 0. The van der Waals surface area contributed by atoms with E-state index in [0.29, 0.717) is 11.6 Å². The SMILES string of the molecule is Cc1cnc(NCC2CCCC(O)C2)c(N)c1. The number of nitrogens with one attached hydrogen (secondary N) is 1. The maximum absolute atomic E-state index is 9.60. The van der Waals surface area contributed by atoms with Crippen LogP contribution in [0.1, 0.15) is 31.2 Å². The molecule has 4 nitrogen and oxygen atoms in total. The number of aliphatic hydroxyl groups is 1. The molecule has 0 spiro atoms. The minimum absolute atomic E-state index is 0.126. The van der Waals surface area contributed by atoms with E-state index >= 15 is 0 Å². The molecule has 0 saturated heterocycles. The zero-order chi connectivity index (χ0) is 12.3. The van der Waals surface area contributed by atoms with Gasteiger partial charge in [-0.15, -0.1) is 0 Å². The van der Waals surface area contributed by atoms with Gasteiger partial charge in [-0.25, -0.2) is 4.98 Å². The van der Waals surface area contributed by atoms with E-state index in [4.69, 9.17) is 5.73 Å². The predicted molar refractivity (Wildman–Crippen MR) is 69.8 cm³/mol. The van der Waals surface area contributed by atoms with Crippen molar-refractivity contribution in [3.8, 4) is 0 Å². The maximum Gasteiger partial charge on any atom is 0.149 e. The Balaban J connectivity index is 1.88. The Bertz CT molecular complexity index is 381. The molecule has 1 heterocycles. The Labute approximate surface area is 102 Å². The van der Waals surface area contributed by atoms with Gasteiger partial charge in [0.1, 0.15) is 5.82 Å². The van der Waals surface area contributed by atoms with Crippen molar-refractivity contribution >= 4 is 11.5 Å². The molecule has 1 saturated carbocycles. The molecule has 0 aromatic carbocycles. The molecule has 0 amide bonds. The van der Waals surface area contributed by atoms with Gasteiger partial charge in [0.15, 0.2) is 0 Å². The molecule has 0 radical (unpaired) electrons. The first-order valence-corrected chi connectivity index (χ1v) is 6.29. The molecule has 0 bridgehead atoms. The second-order valence-corrected chi connectivity index (χ2v) is 5.02. The molecule has 17 heavy (non-hydrogen) atoms. The van der Waals surface area contributed by atoms with Crippen LogP contribution in [-0.4, -0.2) is 22.7 Å². The topological polar surface area (TPSA) is 71.2 Å². The minimum Gasteiger partial charge on any atom is -0.396 e. The van der Waals surface area contributed by atoms with Crippen molar-refractivity contribution in [2.24, 2.45) is 5.92 Å². The molecule has 2 unspecified atom stereocenters. The third kappa shape index (κ3) is 3.33. The third-order valence-corrected chi connectivity index (χ3v) is 3.37. The van der Waals surface area contributed by atoms with Crippen molar-refractivity contribution in [3.63, 3.8) is 0 Å². The summed E-state index contributed by atoms with van der Waals surface area (Å²) in [5.74, 6) is 1.29. The Kier molecular flexibility index (Phi) is 3.84. The number of nitrogens with zero attached hydrogens (tertiary/aromatic N) is 1. The van der Waals surface area contributed by atoms with Crippen molar-refractivity contribution in [2.75, 3.05) is 17.6 Å². The summed E-state index contributed by atoms with van der Waals surface area (Å²) in [6, 6.07) is 1.92. The summed E-state index contributed by atoms with van der Waals surface area (Å²) in [7, 11) is 0. The van der Waals surface area contributed by atoms with Gasteiger partial charge in [-0.05, 0) is 43.7 Å². The lowest BCUT2D eigenvalue weighted by molar-refractivity contribution is 0.104. The second kappa shape index (κ2) is 5.36. The van der Waals surface area contributed by atoms with Crippen LogP contribution in [0.3, 0.4) is 0 Å². The first-order chi connectivity index (χ1) is 8.15. The summed E-state index contributed by atoms with van der Waals surface area (Å²) in [5.41, 5.74) is 7.66. The van der Waals surface area contributed by atoms with Crippen LogP contribution in [0.25, 0.3) is 0 Å². The number of hydrogen-bond donors (Lipinski definition) is 3. The Hall–Kier alpha value is -1.29. The number of nitrogen functional groups attached to an aromatic ring is 1. The summed E-state index contributed by atoms with van der Waals surface area (Å²) < 4.78 is 0. The van der Waals surface area contributed by atoms with Gasteiger partial charge < -0.3 is 16.2 Å². The van der Waals surface area contributed by atoms with E-state index in [1.807, 2.05) is 19.2 Å². The van der Waals surface area contributed by atoms with Crippen molar-refractivity contribution in [1.29, 1.82) is 0 Å². The van der Waals surface area contributed by atoms with Gasteiger partial charge in [0.25, 0.3) is 0 Å². The first kappa shape index (κ1) is 12.2. The third-order valence-electron chi connectivity index (χ3n) is 3.37. The largest absolute Gasteiger partial charge is 0.396 e. The van der Waals surface area contributed by atoms with Crippen molar-refractivity contribution < 1.29 is 5.11 Å². The van der Waals surface area contributed by atoms with Crippen LogP contribution in [0.2, 0.25) is 0 Å². The van der Waals surface area contributed by atoms with Crippen LogP contribution in [0.5, 0.6) is 0 Å². The quantitative estimate of drug-likeness (QED) is 0.748. The fourth-order valence-corrected chi connectivity index (χ4v) is 2.43. The molecule has 2 atom stereocenters. The molecule has 0 aliphatic heterocycles. The molecular formula is C13H21N3O. The molecule has 4 heteroatoms. The zero-order valence-corrected chi connectivity index (χ0v) is 10.3. The van der Waals surface area contributed by atoms with E-state index in [9.17, 15) is 5.11 Å². The number of rotatable bonds is 3. The number of aryl methyl sites for hydroxylation is 1. The van der Waals surface area contributed by atoms with E-state index in [1.165, 1.54) is 6.42 Å². The summed E-state index contributed by atoms with van der Waals surface area (Å²) in [6.07, 6.45) is 5.81. The average molecular weight is 235 g/mol. The van der Waals surface area contributed by atoms with Gasteiger partial charge in [-0.1, -0.05) is 6.42 Å².